The molecule has 4 heteroatoms. The van der Waals surface area contributed by atoms with Crippen molar-refractivity contribution in [3.05, 3.63) is 0 Å². The SMILES string of the molecule is CC(C)N1CCC2(CCCN(C(=O)OC(C)(C)C)C2)C1. The maximum Gasteiger partial charge on any atom is 0.410 e. The molecule has 0 bridgehead atoms. The lowest BCUT2D eigenvalue weighted by Crippen LogP contribution is -2.49. The second-order valence-corrected chi connectivity index (χ2v) is 7.82. The average Bonchev–Trinajstić information content (AvgIpc) is 2.71. The molecular weight excluding hydrogens is 252 g/mol. The van der Waals surface area contributed by atoms with Crippen LogP contribution >= 0.6 is 0 Å². The zero-order chi connectivity index (χ0) is 15.0. The second-order valence-electron chi connectivity index (χ2n) is 7.82. The first-order valence-electron chi connectivity index (χ1n) is 7.93. The Morgan fingerprint density at radius 2 is 1.85 bits per heavy atom. The number of hydrogen-bond acceptors (Lipinski definition) is 3. The molecule has 0 saturated carbocycles. The smallest absolute Gasteiger partial charge is 0.410 e. The van der Waals surface area contributed by atoms with Crippen molar-refractivity contribution in [1.82, 2.24) is 9.80 Å². The van der Waals surface area contributed by atoms with Gasteiger partial charge in [0.05, 0.1) is 0 Å². The Hall–Kier alpha value is -0.770. The Morgan fingerprint density at radius 1 is 1.15 bits per heavy atom. The van der Waals surface area contributed by atoms with Crippen molar-refractivity contribution in [2.24, 2.45) is 5.41 Å². The van der Waals surface area contributed by atoms with E-state index < -0.39 is 5.60 Å². The maximum atomic E-state index is 12.3. The number of amides is 1. The minimum absolute atomic E-state index is 0.139. The standard InChI is InChI=1S/C16H30N2O2/c1-13(2)17-10-8-16(11-17)7-6-9-18(12-16)14(19)20-15(3,4)5/h13H,6-12H2,1-5H3. The third kappa shape index (κ3) is 3.66. The summed E-state index contributed by atoms with van der Waals surface area (Å²) in [4.78, 5) is 16.7. The minimum atomic E-state index is -0.401. The monoisotopic (exact) mass is 282 g/mol. The quantitative estimate of drug-likeness (QED) is 0.741. The van der Waals surface area contributed by atoms with Gasteiger partial charge >= 0.3 is 6.09 Å². The molecule has 1 amide bonds. The van der Waals surface area contributed by atoms with Crippen LogP contribution in [0.4, 0.5) is 4.79 Å². The van der Waals surface area contributed by atoms with Crippen molar-refractivity contribution in [2.75, 3.05) is 26.2 Å². The molecule has 0 N–H and O–H groups in total. The number of likely N-dealkylation sites (tertiary alicyclic amines) is 2. The van der Waals surface area contributed by atoms with Crippen molar-refractivity contribution >= 4 is 6.09 Å². The molecular formula is C16H30N2O2. The van der Waals surface area contributed by atoms with E-state index in [0.717, 1.165) is 26.1 Å². The molecule has 20 heavy (non-hydrogen) atoms. The molecule has 1 atom stereocenters. The van der Waals surface area contributed by atoms with Gasteiger partial charge in [-0.05, 0) is 60.4 Å². The molecule has 0 aromatic heterocycles. The zero-order valence-corrected chi connectivity index (χ0v) is 13.7. The van der Waals surface area contributed by atoms with E-state index in [2.05, 4.69) is 18.7 Å². The molecule has 0 aromatic rings. The van der Waals surface area contributed by atoms with Gasteiger partial charge in [0.25, 0.3) is 0 Å². The second kappa shape index (κ2) is 5.55. The number of carbonyl (C=O) groups excluding carboxylic acids is 1. The fourth-order valence-electron chi connectivity index (χ4n) is 3.43. The molecule has 1 unspecified atom stereocenters. The van der Waals surface area contributed by atoms with E-state index in [4.69, 9.17) is 4.74 Å². The molecule has 0 radical (unpaired) electrons. The molecule has 2 aliphatic rings. The van der Waals surface area contributed by atoms with E-state index in [-0.39, 0.29) is 6.09 Å². The molecule has 2 heterocycles. The third-order valence-electron chi connectivity index (χ3n) is 4.51. The molecule has 4 nitrogen and oxygen atoms in total. The van der Waals surface area contributed by atoms with Crippen molar-refractivity contribution in [1.29, 1.82) is 0 Å². The van der Waals surface area contributed by atoms with Gasteiger partial charge in [0, 0.05) is 31.1 Å². The molecule has 2 rings (SSSR count). The van der Waals surface area contributed by atoms with Gasteiger partial charge in [-0.2, -0.15) is 0 Å². The Balaban J connectivity index is 1.97. The third-order valence-corrected chi connectivity index (χ3v) is 4.51. The van der Waals surface area contributed by atoms with E-state index >= 15 is 0 Å². The van der Waals surface area contributed by atoms with E-state index in [1.165, 1.54) is 19.4 Å². The highest BCUT2D eigenvalue weighted by Gasteiger charge is 2.43. The van der Waals surface area contributed by atoms with Crippen LogP contribution in [0.3, 0.4) is 0 Å². The van der Waals surface area contributed by atoms with Crippen LogP contribution in [0.5, 0.6) is 0 Å². The Kier molecular flexibility index (Phi) is 4.33. The molecule has 2 fully saturated rings. The van der Waals surface area contributed by atoms with Gasteiger partial charge in [0.2, 0.25) is 0 Å². The van der Waals surface area contributed by atoms with Crippen molar-refractivity contribution in [3.8, 4) is 0 Å². The summed E-state index contributed by atoms with van der Waals surface area (Å²) in [5.74, 6) is 0. The largest absolute Gasteiger partial charge is 0.444 e. The van der Waals surface area contributed by atoms with Crippen LogP contribution in [-0.2, 0) is 4.74 Å². The predicted molar refractivity (Wildman–Crippen MR) is 80.8 cm³/mol. The van der Waals surface area contributed by atoms with E-state index in [9.17, 15) is 4.79 Å². The molecule has 2 aliphatic heterocycles. The van der Waals surface area contributed by atoms with Gasteiger partial charge in [-0.25, -0.2) is 4.79 Å². The summed E-state index contributed by atoms with van der Waals surface area (Å²) < 4.78 is 5.53. The lowest BCUT2D eigenvalue weighted by molar-refractivity contribution is 0.00505. The van der Waals surface area contributed by atoms with Gasteiger partial charge in [0.1, 0.15) is 5.60 Å². The van der Waals surface area contributed by atoms with Crippen molar-refractivity contribution in [3.63, 3.8) is 0 Å². The van der Waals surface area contributed by atoms with E-state index in [0.29, 0.717) is 11.5 Å². The fourth-order valence-corrected chi connectivity index (χ4v) is 3.43. The minimum Gasteiger partial charge on any atom is -0.444 e. The van der Waals surface area contributed by atoms with Crippen LogP contribution in [0.1, 0.15) is 53.9 Å². The summed E-state index contributed by atoms with van der Waals surface area (Å²) in [7, 11) is 0. The summed E-state index contributed by atoms with van der Waals surface area (Å²) >= 11 is 0. The molecule has 1 spiro atoms. The van der Waals surface area contributed by atoms with Gasteiger partial charge in [-0.15, -0.1) is 0 Å². The first-order chi connectivity index (χ1) is 9.21. The highest BCUT2D eigenvalue weighted by atomic mass is 16.6. The Labute approximate surface area is 123 Å². The number of hydrogen-bond donors (Lipinski definition) is 0. The lowest BCUT2D eigenvalue weighted by Gasteiger charge is -2.41. The van der Waals surface area contributed by atoms with Crippen LogP contribution in [0.25, 0.3) is 0 Å². The van der Waals surface area contributed by atoms with Gasteiger partial charge in [0.15, 0.2) is 0 Å². The fraction of sp³-hybridized carbons (Fsp3) is 0.938. The topological polar surface area (TPSA) is 32.8 Å². The normalized spacial score (nSPS) is 28.4. The molecule has 116 valence electrons. The highest BCUT2D eigenvalue weighted by molar-refractivity contribution is 5.68. The maximum absolute atomic E-state index is 12.3. The summed E-state index contributed by atoms with van der Waals surface area (Å²) in [6, 6.07) is 0.603. The van der Waals surface area contributed by atoms with Crippen LogP contribution in [0.2, 0.25) is 0 Å². The number of ether oxygens (including phenoxy) is 1. The Bertz CT molecular complexity index is 362. The van der Waals surface area contributed by atoms with Gasteiger partial charge in [-0.1, -0.05) is 0 Å². The van der Waals surface area contributed by atoms with Crippen molar-refractivity contribution in [2.45, 2.75) is 65.5 Å². The first-order valence-corrected chi connectivity index (χ1v) is 7.93. The summed E-state index contributed by atoms with van der Waals surface area (Å²) in [5, 5.41) is 0. The lowest BCUT2D eigenvalue weighted by atomic mass is 9.79. The van der Waals surface area contributed by atoms with Crippen LogP contribution in [0, 0.1) is 5.41 Å². The summed E-state index contributed by atoms with van der Waals surface area (Å²) in [6.07, 6.45) is 3.42. The summed E-state index contributed by atoms with van der Waals surface area (Å²) in [5.41, 5.74) is -0.0965. The van der Waals surface area contributed by atoms with Crippen molar-refractivity contribution < 1.29 is 9.53 Å². The number of carbonyl (C=O) groups is 1. The first kappa shape index (κ1) is 15.6. The van der Waals surface area contributed by atoms with E-state index in [1.807, 2.05) is 25.7 Å². The predicted octanol–water partition coefficient (Wildman–Crippen LogP) is 3.12. The van der Waals surface area contributed by atoms with Gasteiger partial charge in [-0.3, -0.25) is 0 Å². The Morgan fingerprint density at radius 3 is 2.40 bits per heavy atom. The molecule has 0 aliphatic carbocycles. The number of piperidine rings is 1. The van der Waals surface area contributed by atoms with Crippen LogP contribution in [0.15, 0.2) is 0 Å². The number of rotatable bonds is 1. The van der Waals surface area contributed by atoms with Crippen LogP contribution in [-0.4, -0.2) is 53.7 Å². The summed E-state index contributed by atoms with van der Waals surface area (Å²) in [6.45, 7) is 14.3. The zero-order valence-electron chi connectivity index (χ0n) is 13.7. The van der Waals surface area contributed by atoms with E-state index in [1.54, 1.807) is 0 Å². The molecule has 2 saturated heterocycles. The van der Waals surface area contributed by atoms with Crippen LogP contribution < -0.4 is 0 Å². The highest BCUT2D eigenvalue weighted by Crippen LogP contribution is 2.39. The average molecular weight is 282 g/mol. The number of nitrogens with zero attached hydrogens (tertiary/aromatic N) is 2. The molecule has 0 aromatic carbocycles. The van der Waals surface area contributed by atoms with Gasteiger partial charge < -0.3 is 14.5 Å².